The van der Waals surface area contributed by atoms with Gasteiger partial charge in [-0.2, -0.15) is 0 Å². The third-order valence-corrected chi connectivity index (χ3v) is 7.47. The molecule has 0 unspecified atom stereocenters. The smallest absolute Gasteiger partial charge is 0.408 e. The molecule has 4 rings (SSSR count). The van der Waals surface area contributed by atoms with Crippen LogP contribution in [0.3, 0.4) is 0 Å². The number of methoxy groups -OCH3 is 1. The summed E-state index contributed by atoms with van der Waals surface area (Å²) in [5.74, 6) is 0.545. The van der Waals surface area contributed by atoms with E-state index in [9.17, 15) is 9.59 Å². The second-order valence-electron chi connectivity index (χ2n) is 12.6. The van der Waals surface area contributed by atoms with Gasteiger partial charge in [0.15, 0.2) is 0 Å². The highest BCUT2D eigenvalue weighted by Gasteiger charge is 2.31. The first kappa shape index (κ1) is 32.5. The fourth-order valence-corrected chi connectivity index (χ4v) is 5.40. The number of nitrogens with zero attached hydrogens (tertiary/aromatic N) is 3. The van der Waals surface area contributed by atoms with Crippen LogP contribution in [0.15, 0.2) is 29.0 Å². The Labute approximate surface area is 253 Å². The fourth-order valence-electron chi connectivity index (χ4n) is 5.40. The number of hydrogen-bond donors (Lipinski definition) is 1. The summed E-state index contributed by atoms with van der Waals surface area (Å²) in [7, 11) is 1.76. The van der Waals surface area contributed by atoms with Gasteiger partial charge in [-0.05, 0) is 83.4 Å². The number of benzene rings is 1. The molecule has 0 aliphatic heterocycles. The fraction of sp³-hybridized carbons (Fsp3) is 0.625. The molecule has 1 aliphatic carbocycles. The average Bonchev–Trinajstić information content (AvgIpc) is 3.55. The number of aryl methyl sites for hydroxylation is 1. The number of hydrogen-bond acceptors (Lipinski definition) is 9. The molecule has 0 spiro atoms. The Morgan fingerprint density at radius 1 is 1.16 bits per heavy atom. The van der Waals surface area contributed by atoms with Crippen LogP contribution in [0.1, 0.15) is 90.3 Å². The number of alkyl carbamates (subject to hydrolysis) is 1. The second-order valence-corrected chi connectivity index (χ2v) is 12.6. The monoisotopic (exact) mass is 598 g/mol. The zero-order valence-corrected chi connectivity index (χ0v) is 26.5. The summed E-state index contributed by atoms with van der Waals surface area (Å²) >= 11 is 0. The lowest BCUT2D eigenvalue weighted by Crippen LogP contribution is -2.37. The summed E-state index contributed by atoms with van der Waals surface area (Å²) in [5.41, 5.74) is 3.75. The van der Waals surface area contributed by atoms with Crippen molar-refractivity contribution in [3.8, 4) is 11.1 Å². The van der Waals surface area contributed by atoms with Crippen LogP contribution in [-0.2, 0) is 23.7 Å². The summed E-state index contributed by atoms with van der Waals surface area (Å²) in [5, 5.41) is 7.07. The van der Waals surface area contributed by atoms with Gasteiger partial charge in [-0.25, -0.2) is 14.6 Å². The van der Waals surface area contributed by atoms with Crippen LogP contribution in [0.5, 0.6) is 0 Å². The summed E-state index contributed by atoms with van der Waals surface area (Å²) in [6.45, 7) is 11.7. The van der Waals surface area contributed by atoms with Gasteiger partial charge in [-0.15, -0.1) is 0 Å². The highest BCUT2D eigenvalue weighted by molar-refractivity contribution is 5.83. The summed E-state index contributed by atoms with van der Waals surface area (Å²) in [6.07, 6.45) is 5.41. The summed E-state index contributed by atoms with van der Waals surface area (Å²) in [6, 6.07) is 5.79. The Bertz CT molecular complexity index is 1370. The van der Waals surface area contributed by atoms with Crippen molar-refractivity contribution in [2.75, 3.05) is 26.9 Å². The zero-order valence-electron chi connectivity index (χ0n) is 26.5. The average molecular weight is 599 g/mol. The number of nitrogens with one attached hydrogen (secondary N) is 1. The minimum Gasteiger partial charge on any atom is -0.464 e. The van der Waals surface area contributed by atoms with Crippen LogP contribution in [0.4, 0.5) is 4.79 Å². The molecule has 236 valence electrons. The number of amides is 1. The minimum absolute atomic E-state index is 0.162. The number of esters is 1. The van der Waals surface area contributed by atoms with Gasteiger partial charge >= 0.3 is 12.1 Å². The van der Waals surface area contributed by atoms with E-state index in [-0.39, 0.29) is 31.3 Å². The Morgan fingerprint density at radius 3 is 2.53 bits per heavy atom. The molecule has 1 aliphatic rings. The van der Waals surface area contributed by atoms with Crippen molar-refractivity contribution >= 4 is 23.1 Å². The molecular weight excluding hydrogens is 552 g/mol. The van der Waals surface area contributed by atoms with Crippen molar-refractivity contribution in [1.82, 2.24) is 20.0 Å². The van der Waals surface area contributed by atoms with E-state index < -0.39 is 23.7 Å². The van der Waals surface area contributed by atoms with Gasteiger partial charge in [0.25, 0.3) is 0 Å². The molecule has 1 N–H and O–H groups in total. The first-order chi connectivity index (χ1) is 20.4. The van der Waals surface area contributed by atoms with Gasteiger partial charge < -0.3 is 33.4 Å². The van der Waals surface area contributed by atoms with Gasteiger partial charge in [0.2, 0.25) is 0 Å². The molecule has 1 fully saturated rings. The predicted octanol–water partition coefficient (Wildman–Crippen LogP) is 6.30. The van der Waals surface area contributed by atoms with E-state index in [0.717, 1.165) is 53.5 Å². The van der Waals surface area contributed by atoms with Crippen molar-refractivity contribution in [2.24, 2.45) is 5.92 Å². The second kappa shape index (κ2) is 14.4. The minimum atomic E-state index is -0.671. The van der Waals surface area contributed by atoms with Crippen molar-refractivity contribution in [3.63, 3.8) is 0 Å². The molecule has 2 aromatic heterocycles. The molecule has 1 aromatic carbocycles. The highest BCUT2D eigenvalue weighted by atomic mass is 16.6. The number of ether oxygens (including phenoxy) is 4. The molecule has 2 heterocycles. The Balaban J connectivity index is 1.66. The molecule has 11 heteroatoms. The van der Waals surface area contributed by atoms with E-state index in [0.29, 0.717) is 18.9 Å². The lowest BCUT2D eigenvalue weighted by atomic mass is 9.92. The SMILES string of the molecule is CO[C@H]1CC[C@H](n2c([C@H](CCOCC(=O)OCC(C)C)NC(=O)OC(C)(C)C)nc3cc(-c4conc4C)ccc32)CC1. The highest BCUT2D eigenvalue weighted by Crippen LogP contribution is 2.37. The number of imidazole rings is 1. The number of rotatable bonds is 12. The van der Waals surface area contributed by atoms with E-state index in [1.807, 2.05) is 53.7 Å². The first-order valence-corrected chi connectivity index (χ1v) is 15.1. The van der Waals surface area contributed by atoms with Crippen LogP contribution in [0.2, 0.25) is 0 Å². The number of fused-ring (bicyclic) bond motifs is 1. The third kappa shape index (κ3) is 8.79. The van der Waals surface area contributed by atoms with Crippen molar-refractivity contribution < 1.29 is 33.1 Å². The number of carbonyl (C=O) groups is 2. The first-order valence-electron chi connectivity index (χ1n) is 15.1. The molecule has 43 heavy (non-hydrogen) atoms. The van der Waals surface area contributed by atoms with Gasteiger partial charge in [-0.3, -0.25) is 0 Å². The Kier molecular flexibility index (Phi) is 10.8. The van der Waals surface area contributed by atoms with E-state index in [1.54, 1.807) is 13.4 Å². The third-order valence-electron chi connectivity index (χ3n) is 7.47. The van der Waals surface area contributed by atoms with Crippen LogP contribution < -0.4 is 5.32 Å². The molecule has 11 nitrogen and oxygen atoms in total. The van der Waals surface area contributed by atoms with Crippen LogP contribution in [0, 0.1) is 12.8 Å². The standard InChI is InChI=1S/C32H46N4O7/c1-20(2)17-41-29(37)19-40-15-14-26(34-31(38)43-32(4,5)6)30-33-27-16-22(25-18-42-35-21(25)3)8-13-28(27)36(30)23-9-11-24(39-7)12-10-23/h8,13,16,18,20,23-24,26H,9-12,14-15,17,19H2,1-7H3,(H,34,38)/t23-,24-,26-/m0/s1. The predicted molar refractivity (Wildman–Crippen MR) is 162 cm³/mol. The molecule has 0 bridgehead atoms. The maximum Gasteiger partial charge on any atom is 0.408 e. The molecule has 1 saturated carbocycles. The summed E-state index contributed by atoms with van der Waals surface area (Å²) in [4.78, 5) is 30.3. The van der Waals surface area contributed by atoms with E-state index in [1.165, 1.54) is 0 Å². The van der Waals surface area contributed by atoms with Gasteiger partial charge in [0.1, 0.15) is 24.3 Å². The summed E-state index contributed by atoms with van der Waals surface area (Å²) < 4.78 is 29.6. The number of aromatic nitrogens is 3. The quantitative estimate of drug-likeness (QED) is 0.189. The van der Waals surface area contributed by atoms with E-state index >= 15 is 0 Å². The van der Waals surface area contributed by atoms with E-state index in [2.05, 4.69) is 21.1 Å². The van der Waals surface area contributed by atoms with Crippen molar-refractivity contribution in [3.05, 3.63) is 36.0 Å². The molecule has 0 radical (unpaired) electrons. The maximum absolute atomic E-state index is 13.0. The van der Waals surface area contributed by atoms with Gasteiger partial charge in [0, 0.05) is 25.3 Å². The van der Waals surface area contributed by atoms with E-state index in [4.69, 9.17) is 28.5 Å². The Hall–Kier alpha value is -3.44. The molecule has 1 atom stereocenters. The normalized spacial score (nSPS) is 18.1. The van der Waals surface area contributed by atoms with Crippen molar-refractivity contribution in [1.29, 1.82) is 0 Å². The topological polar surface area (TPSA) is 127 Å². The Morgan fingerprint density at radius 2 is 1.91 bits per heavy atom. The molecule has 3 aromatic rings. The largest absolute Gasteiger partial charge is 0.464 e. The van der Waals surface area contributed by atoms with Crippen LogP contribution >= 0.6 is 0 Å². The zero-order chi connectivity index (χ0) is 31.1. The van der Waals surface area contributed by atoms with Crippen LogP contribution in [0.25, 0.3) is 22.2 Å². The maximum atomic E-state index is 13.0. The molecule has 0 saturated heterocycles. The lowest BCUT2D eigenvalue weighted by molar-refractivity contribution is -0.150. The van der Waals surface area contributed by atoms with Crippen LogP contribution in [-0.4, -0.2) is 65.4 Å². The van der Waals surface area contributed by atoms with Gasteiger partial charge in [0.05, 0.1) is 35.5 Å². The van der Waals surface area contributed by atoms with Gasteiger partial charge in [-0.1, -0.05) is 25.1 Å². The lowest BCUT2D eigenvalue weighted by Gasteiger charge is -2.31. The number of carbonyl (C=O) groups excluding carboxylic acids is 2. The van der Waals surface area contributed by atoms with Crippen molar-refractivity contribution in [2.45, 2.75) is 97.4 Å². The molecular formula is C32H46N4O7. The molecule has 1 amide bonds.